The number of aliphatic carboxylic acids is 1. The number of benzene rings is 4. The predicted octanol–water partition coefficient (Wildman–Crippen LogP) is 6.48. The van der Waals surface area contributed by atoms with Crippen LogP contribution in [0.1, 0.15) is 152 Å². The lowest BCUT2D eigenvalue weighted by atomic mass is 9.80. The van der Waals surface area contributed by atoms with Crippen molar-refractivity contribution in [2.45, 2.75) is 170 Å². The summed E-state index contributed by atoms with van der Waals surface area (Å²) >= 11 is 0. The zero-order valence-electron chi connectivity index (χ0n) is 51.5. The number of likely N-dealkylation sites (N-methyl/N-ethyl adjacent to an activating group) is 3. The maximum atomic E-state index is 12.9. The zero-order chi connectivity index (χ0) is 61.3. The first kappa shape index (κ1) is 72.7. The van der Waals surface area contributed by atoms with Crippen LogP contribution in [0.25, 0.3) is 0 Å². The number of carboxylic acids is 1. The number of carbonyl (C=O) groups excluding carboxylic acids is 3. The number of aliphatic hydroxyl groups excluding tert-OH is 1. The fourth-order valence-electron chi connectivity index (χ4n) is 14.1. The quantitative estimate of drug-likeness (QED) is 0.0452. The van der Waals surface area contributed by atoms with Gasteiger partial charge in [0.25, 0.3) is 0 Å². The molecule has 0 amide bonds. The number of carbonyl (C=O) groups is 4. The van der Waals surface area contributed by atoms with Gasteiger partial charge in [-0.2, -0.15) is 0 Å². The van der Waals surface area contributed by atoms with E-state index >= 15 is 0 Å². The molecule has 3 heterocycles. The molecule has 7 fully saturated rings. The highest BCUT2D eigenvalue weighted by Crippen LogP contribution is 2.45. The minimum absolute atomic E-state index is 0. The molecule has 7 atom stereocenters. The van der Waals surface area contributed by atoms with Crippen molar-refractivity contribution in [1.82, 2.24) is 9.80 Å². The molecule has 0 radical (unpaired) electrons. The Morgan fingerprint density at radius 3 is 1.03 bits per heavy atom. The maximum absolute atomic E-state index is 12.9. The van der Waals surface area contributed by atoms with Crippen molar-refractivity contribution in [2.75, 3.05) is 74.6 Å². The summed E-state index contributed by atoms with van der Waals surface area (Å²) in [6.07, 6.45) is 17.7. The van der Waals surface area contributed by atoms with Gasteiger partial charge in [0.2, 0.25) is 0 Å². The first-order valence-corrected chi connectivity index (χ1v) is 31.4. The molecule has 17 heteroatoms. The number of ether oxygens (including phenoxy) is 3. The maximum Gasteiger partial charge on any atom is 0.343 e. The Balaban J connectivity index is 0.000000204. The SMILES string of the molecule is C.CN1CCC(O)C1.CN1CCC(OC(=O)C(O)(c2ccccc2)C2CCCC2)C1.COC(=O)C(O)(c1ccccc1)C1CCCC1.C[N+]1(C)CCC(OC(=O)C(O)(c2ccccc2)C2CCCC2)C1.O=C(O)C(O)(c1ccccc1)C1CCCC1.[Br-]. The lowest BCUT2D eigenvalue weighted by Crippen LogP contribution is -3.00. The monoisotopic (exact) mass is 1270 g/mol. The number of halogens is 1. The van der Waals surface area contributed by atoms with Gasteiger partial charge in [-0.25, -0.2) is 19.2 Å². The van der Waals surface area contributed by atoms with E-state index in [0.717, 1.165) is 166 Å². The lowest BCUT2D eigenvalue weighted by Gasteiger charge is -2.33. The number of hydrogen-bond acceptors (Lipinski definition) is 14. The Labute approximate surface area is 528 Å². The summed E-state index contributed by atoms with van der Waals surface area (Å²) in [6.45, 7) is 5.43. The van der Waals surface area contributed by atoms with Crippen molar-refractivity contribution in [3.05, 3.63) is 144 Å². The molecule has 0 bridgehead atoms. The van der Waals surface area contributed by atoms with E-state index in [4.69, 9.17) is 19.3 Å². The van der Waals surface area contributed by atoms with Crippen LogP contribution in [0.4, 0.5) is 0 Å². The van der Waals surface area contributed by atoms with Crippen molar-refractivity contribution >= 4 is 23.9 Å². The Morgan fingerprint density at radius 2 is 0.770 bits per heavy atom. The van der Waals surface area contributed by atoms with Crippen molar-refractivity contribution in [1.29, 1.82) is 0 Å². The smallest absolute Gasteiger partial charge is 0.343 e. The Morgan fingerprint density at radius 1 is 0.460 bits per heavy atom. The second-order valence-electron chi connectivity index (χ2n) is 25.7. The summed E-state index contributed by atoms with van der Waals surface area (Å²) in [5, 5.41) is 62.0. The molecule has 3 saturated heterocycles. The normalized spacial score (nSPS) is 24.1. The number of nitrogens with zero attached hydrogens (tertiary/aromatic N) is 3. The van der Waals surface area contributed by atoms with E-state index in [2.05, 4.69) is 23.9 Å². The van der Waals surface area contributed by atoms with Gasteiger partial charge >= 0.3 is 23.9 Å². The van der Waals surface area contributed by atoms with E-state index in [1.54, 1.807) is 36.4 Å². The summed E-state index contributed by atoms with van der Waals surface area (Å²) < 4.78 is 17.1. The number of β-amino-alcohol motifs (C(OH)–C–C–N with tert-alkyl or cyclic N) is 1. The van der Waals surface area contributed by atoms with Gasteiger partial charge in [0, 0.05) is 56.3 Å². The standard InChI is InChI=1S/C19H28NO3.C18H25NO3.C14H18O3.C13H16O3.C5H11NO.CH4.BrH/c1-20(2)13-12-17(14-20)23-18(21)19(22,16-10-6-7-11-16)15-8-4-3-5-9-15;1-19-12-11-16(13-19)22-17(20)18(21,15-9-5-6-10-15)14-7-3-2-4-8-14;1-17-13(15)14(16,12-9-5-6-10-12)11-7-3-2-4-8-11;14-12(15)13(16,11-8-4-5-9-11)10-6-2-1-3-7-10;1-6-3-2-5(7)4-6;;/h3-5,8-9,16-17,22H,6-7,10-14H2,1-2H3;2-4,7-8,15-16,21H,5-6,9-13H2,1H3;2-4,7-8,12,16H,5-6,9-10H2,1H3;1-3,6-7,11,16H,4-5,8-9H2,(H,14,15);5,7H,2-4H2,1H3;1H4;1H/q+1;;;;;;/p-1. The summed E-state index contributed by atoms with van der Waals surface area (Å²) in [4.78, 5) is 53.3. The molecule has 7 aliphatic rings. The molecule has 6 N–H and O–H groups in total. The molecule has 87 heavy (non-hydrogen) atoms. The minimum Gasteiger partial charge on any atom is -1.00 e. The fourth-order valence-corrected chi connectivity index (χ4v) is 14.1. The molecule has 0 spiro atoms. The van der Waals surface area contributed by atoms with Crippen LogP contribution in [0.2, 0.25) is 0 Å². The lowest BCUT2D eigenvalue weighted by molar-refractivity contribution is -0.879. The number of rotatable bonds is 14. The summed E-state index contributed by atoms with van der Waals surface area (Å²) in [5.41, 5.74) is -3.73. The van der Waals surface area contributed by atoms with Gasteiger partial charge in [0.05, 0.1) is 33.9 Å². The molecule has 3 aliphatic heterocycles. The van der Waals surface area contributed by atoms with Crippen LogP contribution in [0.5, 0.6) is 0 Å². The number of carboxylic acid groups (broad SMARTS) is 1. The van der Waals surface area contributed by atoms with Gasteiger partial charge in [0.15, 0.2) is 28.5 Å². The third-order valence-electron chi connectivity index (χ3n) is 19.1. The number of methoxy groups -OCH3 is 1. The summed E-state index contributed by atoms with van der Waals surface area (Å²) in [6, 6.07) is 36.5. The topological polar surface area (TPSA) is 224 Å². The molecule has 4 aromatic carbocycles. The predicted molar refractivity (Wildman–Crippen MR) is 332 cm³/mol. The van der Waals surface area contributed by atoms with Crippen molar-refractivity contribution < 1.29 is 85.5 Å². The highest BCUT2D eigenvalue weighted by molar-refractivity contribution is 5.83. The van der Waals surface area contributed by atoms with Gasteiger partial charge < -0.3 is 76.1 Å². The molecule has 4 saturated carbocycles. The van der Waals surface area contributed by atoms with Crippen molar-refractivity contribution in [2.24, 2.45) is 23.7 Å². The van der Waals surface area contributed by atoms with Crippen LogP contribution in [0, 0.1) is 23.7 Å². The van der Waals surface area contributed by atoms with Crippen molar-refractivity contribution in [3.8, 4) is 0 Å². The minimum atomic E-state index is -1.71. The molecular formula is C70H102BrN3O13. The molecule has 11 rings (SSSR count). The van der Waals surface area contributed by atoms with Gasteiger partial charge in [-0.05, 0) is 101 Å². The van der Waals surface area contributed by atoms with E-state index < -0.39 is 46.3 Å². The first-order valence-electron chi connectivity index (χ1n) is 31.4. The molecule has 482 valence electrons. The fraction of sp³-hybridized carbons (Fsp3) is 0.600. The van der Waals surface area contributed by atoms with E-state index in [9.17, 15) is 44.7 Å². The number of aliphatic hydroxyl groups is 5. The average molecular weight is 1270 g/mol. The highest BCUT2D eigenvalue weighted by Gasteiger charge is 2.52. The first-order chi connectivity index (χ1) is 40.7. The molecule has 16 nitrogen and oxygen atoms in total. The molecule has 0 aromatic heterocycles. The van der Waals surface area contributed by atoms with E-state index in [1.165, 1.54) is 7.11 Å². The second-order valence-corrected chi connectivity index (χ2v) is 25.7. The third kappa shape index (κ3) is 18.3. The third-order valence-corrected chi connectivity index (χ3v) is 19.1. The number of hydrogen-bond donors (Lipinski definition) is 6. The van der Waals surface area contributed by atoms with Crippen LogP contribution in [-0.4, -0.2) is 162 Å². The van der Waals surface area contributed by atoms with E-state index in [0.29, 0.717) is 22.3 Å². The van der Waals surface area contributed by atoms with Gasteiger partial charge in [-0.15, -0.1) is 0 Å². The molecule has 4 aliphatic carbocycles. The largest absolute Gasteiger partial charge is 1.00 e. The summed E-state index contributed by atoms with van der Waals surface area (Å²) in [5.74, 6) is -2.87. The van der Waals surface area contributed by atoms with Crippen LogP contribution in [0.15, 0.2) is 121 Å². The number of likely N-dealkylation sites (tertiary alicyclic amines) is 3. The van der Waals surface area contributed by atoms with Gasteiger partial charge in [-0.3, -0.25) is 0 Å². The molecule has 4 aromatic rings. The van der Waals surface area contributed by atoms with Crippen LogP contribution >= 0.6 is 0 Å². The van der Waals surface area contributed by atoms with Crippen LogP contribution in [-0.2, 0) is 55.8 Å². The van der Waals surface area contributed by atoms with Crippen LogP contribution < -0.4 is 17.0 Å². The Hall–Kier alpha value is -5.08. The number of quaternary nitrogens is 1. The van der Waals surface area contributed by atoms with E-state index in [1.807, 2.05) is 99.0 Å². The Kier molecular flexibility index (Phi) is 28.1. The van der Waals surface area contributed by atoms with E-state index in [-0.39, 0.29) is 66.4 Å². The van der Waals surface area contributed by atoms with Crippen LogP contribution in [0.3, 0.4) is 0 Å². The highest BCUT2D eigenvalue weighted by atomic mass is 79.9. The Bertz CT molecular complexity index is 2680. The van der Waals surface area contributed by atoms with Gasteiger partial charge in [0.1, 0.15) is 12.6 Å². The summed E-state index contributed by atoms with van der Waals surface area (Å²) in [7, 11) is 9.66. The molecular weight excluding hydrogens is 1170 g/mol. The number of esters is 3. The second kappa shape index (κ2) is 33.7. The van der Waals surface area contributed by atoms with Gasteiger partial charge in [-0.1, -0.05) is 180 Å². The molecule has 7 unspecified atom stereocenters. The van der Waals surface area contributed by atoms with Crippen molar-refractivity contribution in [3.63, 3.8) is 0 Å². The average Bonchev–Trinajstić information content (AvgIpc) is 2.41. The zero-order valence-corrected chi connectivity index (χ0v) is 53.1.